The molecule has 0 radical (unpaired) electrons. The van der Waals surface area contributed by atoms with Gasteiger partial charge in [-0.3, -0.25) is 4.79 Å². The van der Waals surface area contributed by atoms with E-state index >= 15 is 0 Å². The summed E-state index contributed by atoms with van der Waals surface area (Å²) in [5.74, 6) is 0.795. The Labute approximate surface area is 107 Å². The fraction of sp³-hybridized carbons (Fsp3) is 0.462. The van der Waals surface area contributed by atoms with Crippen molar-refractivity contribution in [3.05, 3.63) is 24.3 Å². The maximum atomic E-state index is 12.3. The zero-order chi connectivity index (χ0) is 13.2. The van der Waals surface area contributed by atoms with E-state index in [1.807, 2.05) is 0 Å². The molecule has 1 aliphatic carbocycles. The molecule has 0 amide bonds. The summed E-state index contributed by atoms with van der Waals surface area (Å²) in [5.41, 5.74) is 0. The summed E-state index contributed by atoms with van der Waals surface area (Å²) >= 11 is 0. The number of ketones is 1. The Balaban J connectivity index is 2.21. The van der Waals surface area contributed by atoms with Crippen LogP contribution in [0.4, 0.5) is 0 Å². The summed E-state index contributed by atoms with van der Waals surface area (Å²) in [6.07, 6.45) is 1.63. The molecule has 1 saturated carbocycles. The molecule has 1 aromatic carbocycles. The Morgan fingerprint density at radius 1 is 1.11 bits per heavy atom. The first-order chi connectivity index (χ1) is 8.54. The van der Waals surface area contributed by atoms with Crippen molar-refractivity contribution in [1.29, 1.82) is 0 Å². The Hall–Kier alpha value is -1.36. The molecule has 0 saturated heterocycles. The van der Waals surface area contributed by atoms with Crippen LogP contribution in [0.1, 0.15) is 25.7 Å². The fourth-order valence-corrected chi connectivity index (χ4v) is 3.94. The lowest BCUT2D eigenvalue weighted by molar-refractivity contribution is -0.120. The average molecular weight is 268 g/mol. The van der Waals surface area contributed by atoms with Crippen LogP contribution in [0.2, 0.25) is 0 Å². The van der Waals surface area contributed by atoms with Crippen LogP contribution in [-0.4, -0.2) is 26.6 Å². The lowest BCUT2D eigenvalue weighted by atomic mass is 9.99. The monoisotopic (exact) mass is 268 g/mol. The van der Waals surface area contributed by atoms with Crippen LogP contribution >= 0.6 is 0 Å². The Morgan fingerprint density at radius 2 is 1.67 bits per heavy atom. The van der Waals surface area contributed by atoms with Gasteiger partial charge in [0.05, 0.1) is 17.3 Å². The van der Waals surface area contributed by atoms with Crippen molar-refractivity contribution in [3.63, 3.8) is 0 Å². The Morgan fingerprint density at radius 3 is 2.17 bits per heavy atom. The van der Waals surface area contributed by atoms with Crippen molar-refractivity contribution >= 4 is 15.6 Å². The van der Waals surface area contributed by atoms with Gasteiger partial charge in [0, 0.05) is 12.8 Å². The highest BCUT2D eigenvalue weighted by molar-refractivity contribution is 7.92. The number of methoxy groups -OCH3 is 1. The number of benzene rings is 1. The predicted octanol–water partition coefficient (Wildman–Crippen LogP) is 1.98. The van der Waals surface area contributed by atoms with Gasteiger partial charge in [-0.25, -0.2) is 8.42 Å². The molecule has 0 bridgehead atoms. The number of hydrogen-bond donors (Lipinski definition) is 0. The molecule has 1 fully saturated rings. The lowest BCUT2D eigenvalue weighted by Gasteiger charge is -2.21. The van der Waals surface area contributed by atoms with Gasteiger partial charge in [-0.15, -0.1) is 0 Å². The summed E-state index contributed by atoms with van der Waals surface area (Å²) in [5, 5.41) is -0.427. The lowest BCUT2D eigenvalue weighted by Crippen LogP contribution is -2.27. The van der Waals surface area contributed by atoms with Crippen LogP contribution in [0, 0.1) is 0 Å². The van der Waals surface area contributed by atoms with E-state index in [0.717, 1.165) is 0 Å². The van der Waals surface area contributed by atoms with Crippen LogP contribution in [-0.2, 0) is 14.6 Å². The molecule has 0 N–H and O–H groups in total. The first-order valence-electron chi connectivity index (χ1n) is 5.93. The molecule has 18 heavy (non-hydrogen) atoms. The maximum absolute atomic E-state index is 12.3. The minimum atomic E-state index is -3.32. The molecule has 0 spiro atoms. The van der Waals surface area contributed by atoms with Crippen molar-refractivity contribution < 1.29 is 17.9 Å². The number of rotatable bonds is 3. The first-order valence-corrected chi connectivity index (χ1v) is 7.48. The molecular weight excluding hydrogens is 252 g/mol. The third kappa shape index (κ3) is 2.56. The molecule has 0 aliphatic heterocycles. The minimum absolute atomic E-state index is 0.163. The topological polar surface area (TPSA) is 60.4 Å². The molecule has 0 aromatic heterocycles. The zero-order valence-corrected chi connectivity index (χ0v) is 11.1. The van der Waals surface area contributed by atoms with Gasteiger partial charge in [-0.1, -0.05) is 0 Å². The fourth-order valence-electron chi connectivity index (χ4n) is 2.18. The van der Waals surface area contributed by atoms with Gasteiger partial charge in [0.1, 0.15) is 11.5 Å². The molecule has 2 rings (SSSR count). The molecule has 0 unspecified atom stereocenters. The van der Waals surface area contributed by atoms with E-state index in [1.165, 1.54) is 7.11 Å². The Bertz CT molecular complexity index is 521. The molecule has 1 aliphatic rings. The molecule has 0 atom stereocenters. The highest BCUT2D eigenvalue weighted by Crippen LogP contribution is 2.28. The van der Waals surface area contributed by atoms with E-state index in [4.69, 9.17) is 4.74 Å². The number of carbonyl (C=O) groups excluding carboxylic acids is 1. The summed E-state index contributed by atoms with van der Waals surface area (Å²) in [7, 11) is -1.78. The molecule has 1 aromatic rings. The second-order valence-electron chi connectivity index (χ2n) is 4.46. The number of carbonyl (C=O) groups is 1. The molecule has 4 nitrogen and oxygen atoms in total. The van der Waals surface area contributed by atoms with Gasteiger partial charge < -0.3 is 4.74 Å². The van der Waals surface area contributed by atoms with Crippen LogP contribution in [0.15, 0.2) is 29.2 Å². The molecule has 0 heterocycles. The van der Waals surface area contributed by atoms with Crippen LogP contribution in [0.3, 0.4) is 0 Å². The minimum Gasteiger partial charge on any atom is -0.497 e. The average Bonchev–Trinajstić information content (AvgIpc) is 2.39. The second-order valence-corrected chi connectivity index (χ2v) is 6.69. The smallest absolute Gasteiger partial charge is 0.181 e. The van der Waals surface area contributed by atoms with Crippen molar-refractivity contribution in [3.8, 4) is 5.75 Å². The van der Waals surface area contributed by atoms with Crippen molar-refractivity contribution in [1.82, 2.24) is 0 Å². The van der Waals surface area contributed by atoms with Gasteiger partial charge in [0.15, 0.2) is 9.84 Å². The van der Waals surface area contributed by atoms with Gasteiger partial charge >= 0.3 is 0 Å². The van der Waals surface area contributed by atoms with Gasteiger partial charge in [0.25, 0.3) is 0 Å². The highest BCUT2D eigenvalue weighted by atomic mass is 32.2. The number of hydrogen-bond acceptors (Lipinski definition) is 4. The van der Waals surface area contributed by atoms with Crippen LogP contribution in [0.25, 0.3) is 0 Å². The standard InChI is InChI=1S/C13H16O4S/c1-17-11-4-8-13(9-5-11)18(15,16)12-6-2-10(14)3-7-12/h4-5,8-9,12H,2-3,6-7H2,1H3. The van der Waals surface area contributed by atoms with Crippen molar-refractivity contribution in [2.75, 3.05) is 7.11 Å². The molecular formula is C13H16O4S. The van der Waals surface area contributed by atoms with Crippen LogP contribution in [0.5, 0.6) is 5.75 Å². The van der Waals surface area contributed by atoms with Crippen molar-refractivity contribution in [2.45, 2.75) is 35.8 Å². The number of Topliss-reactive ketones (excluding diaryl/α,β-unsaturated/α-hetero) is 1. The summed E-state index contributed by atoms with van der Waals surface area (Å²) < 4.78 is 29.7. The van der Waals surface area contributed by atoms with Crippen molar-refractivity contribution in [2.24, 2.45) is 0 Å². The van der Waals surface area contributed by atoms with E-state index in [9.17, 15) is 13.2 Å². The maximum Gasteiger partial charge on any atom is 0.181 e. The number of ether oxygens (including phenoxy) is 1. The molecule has 98 valence electrons. The second kappa shape index (κ2) is 5.10. The predicted molar refractivity (Wildman–Crippen MR) is 67.4 cm³/mol. The van der Waals surface area contributed by atoms with Gasteiger partial charge in [-0.05, 0) is 37.1 Å². The quantitative estimate of drug-likeness (QED) is 0.841. The third-order valence-electron chi connectivity index (χ3n) is 3.32. The summed E-state index contributed by atoms with van der Waals surface area (Å²) in [6, 6.07) is 6.40. The number of sulfone groups is 1. The third-order valence-corrected chi connectivity index (χ3v) is 5.60. The summed E-state index contributed by atoms with van der Waals surface area (Å²) in [4.78, 5) is 11.5. The van der Waals surface area contributed by atoms with Gasteiger partial charge in [0.2, 0.25) is 0 Å². The van der Waals surface area contributed by atoms with Crippen LogP contribution < -0.4 is 4.74 Å². The van der Waals surface area contributed by atoms with Gasteiger partial charge in [-0.2, -0.15) is 0 Å². The van der Waals surface area contributed by atoms with E-state index in [2.05, 4.69) is 0 Å². The summed E-state index contributed by atoms with van der Waals surface area (Å²) in [6.45, 7) is 0. The molecule has 5 heteroatoms. The Kier molecular flexibility index (Phi) is 3.71. The normalized spacial score (nSPS) is 17.7. The van der Waals surface area contributed by atoms with E-state index < -0.39 is 15.1 Å². The first kappa shape index (κ1) is 13.1. The van der Waals surface area contributed by atoms with E-state index in [-0.39, 0.29) is 5.78 Å². The van der Waals surface area contributed by atoms with E-state index in [1.54, 1.807) is 24.3 Å². The zero-order valence-electron chi connectivity index (χ0n) is 10.3. The SMILES string of the molecule is COc1ccc(S(=O)(=O)C2CCC(=O)CC2)cc1. The van der Waals surface area contributed by atoms with E-state index in [0.29, 0.717) is 36.3 Å². The largest absolute Gasteiger partial charge is 0.497 e. The highest BCUT2D eigenvalue weighted by Gasteiger charge is 2.31.